The Balaban J connectivity index is 1.50. The molecule has 12 heteroatoms. The number of benzene rings is 1. The van der Waals surface area contributed by atoms with Crippen LogP contribution in [0.3, 0.4) is 0 Å². The van der Waals surface area contributed by atoms with Gasteiger partial charge in [-0.3, -0.25) is 5.10 Å². The number of nitrogens with zero attached hydrogens (tertiary/aromatic N) is 4. The number of nitrogens with two attached hydrogens (primary N) is 1. The number of nitrogens with one attached hydrogen (secondary N) is 3. The first-order valence-electron chi connectivity index (χ1n) is 8.34. The van der Waals surface area contributed by atoms with Crippen LogP contribution in [0, 0.1) is 5.82 Å². The zero-order valence-corrected chi connectivity index (χ0v) is 15.6. The average Bonchev–Trinajstić information content (AvgIpc) is 3.08. The molecule has 0 spiro atoms. The lowest BCUT2D eigenvalue weighted by Crippen LogP contribution is -2.12. The van der Waals surface area contributed by atoms with Crippen molar-refractivity contribution in [3.05, 3.63) is 60.3 Å². The molecule has 0 aliphatic rings. The molecular weight excluding hydrogens is 399 g/mol. The van der Waals surface area contributed by atoms with Crippen LogP contribution in [0.5, 0.6) is 0 Å². The number of hydrogen-bond donors (Lipinski definition) is 4. The van der Waals surface area contributed by atoms with Crippen LogP contribution >= 0.6 is 0 Å². The second-order valence-corrected chi connectivity index (χ2v) is 7.61. The number of anilines is 3. The molecule has 0 saturated heterocycles. The number of aromatic nitrogens is 5. The van der Waals surface area contributed by atoms with Gasteiger partial charge in [-0.2, -0.15) is 10.1 Å². The molecule has 29 heavy (non-hydrogen) atoms. The fourth-order valence-corrected chi connectivity index (χ4v) is 3.19. The van der Waals surface area contributed by atoms with Crippen molar-refractivity contribution in [3.8, 4) is 0 Å². The third-order valence-electron chi connectivity index (χ3n) is 3.98. The number of fused-ring (bicyclic) bond motifs is 1. The Kier molecular flexibility index (Phi) is 4.78. The number of primary sulfonamides is 1. The molecular formula is C17H15FN8O2S. The number of halogens is 1. The monoisotopic (exact) mass is 414 g/mol. The standard InChI is InChI=1S/C17H15FN8O2S/c18-10-6-13-14(25-26-16(13)22-8-10)9-21-15-4-5-20-17(24-15)23-11-2-1-3-12(7-11)29(19,27)28/h1-8H,9H2,(H2,19,27,28)(H,22,25,26)(H2,20,21,23,24). The minimum Gasteiger partial charge on any atom is -0.364 e. The summed E-state index contributed by atoms with van der Waals surface area (Å²) in [4.78, 5) is 12.3. The van der Waals surface area contributed by atoms with E-state index in [1.807, 2.05) is 0 Å². The third-order valence-corrected chi connectivity index (χ3v) is 4.89. The van der Waals surface area contributed by atoms with E-state index in [2.05, 4.69) is 35.8 Å². The summed E-state index contributed by atoms with van der Waals surface area (Å²) >= 11 is 0. The van der Waals surface area contributed by atoms with Crippen LogP contribution in [0.1, 0.15) is 5.69 Å². The number of rotatable bonds is 6. The SMILES string of the molecule is NS(=O)(=O)c1cccc(Nc2nccc(NCc3[nH]nc4ncc(F)cc34)n2)c1. The van der Waals surface area contributed by atoms with Crippen LogP contribution < -0.4 is 15.8 Å². The number of sulfonamides is 1. The van der Waals surface area contributed by atoms with Crippen LogP contribution in [0.4, 0.5) is 21.8 Å². The van der Waals surface area contributed by atoms with Gasteiger partial charge < -0.3 is 10.6 Å². The van der Waals surface area contributed by atoms with Crippen molar-refractivity contribution in [2.45, 2.75) is 11.4 Å². The first-order chi connectivity index (χ1) is 13.9. The van der Waals surface area contributed by atoms with E-state index in [4.69, 9.17) is 5.14 Å². The van der Waals surface area contributed by atoms with Crippen molar-refractivity contribution in [2.75, 3.05) is 10.6 Å². The number of hydrogen-bond acceptors (Lipinski definition) is 8. The zero-order chi connectivity index (χ0) is 20.4. The molecule has 3 aromatic heterocycles. The Labute approximate surface area is 164 Å². The van der Waals surface area contributed by atoms with Gasteiger partial charge in [0.1, 0.15) is 11.6 Å². The molecule has 0 saturated carbocycles. The molecule has 1 aromatic carbocycles. The van der Waals surface area contributed by atoms with Crippen molar-refractivity contribution in [3.63, 3.8) is 0 Å². The van der Waals surface area contributed by atoms with E-state index < -0.39 is 15.8 Å². The summed E-state index contributed by atoms with van der Waals surface area (Å²) in [6, 6.07) is 9.01. The van der Waals surface area contributed by atoms with E-state index in [-0.39, 0.29) is 10.8 Å². The topological polar surface area (TPSA) is 152 Å². The Hall–Kier alpha value is -3.64. The van der Waals surface area contributed by atoms with E-state index in [0.29, 0.717) is 34.8 Å². The summed E-state index contributed by atoms with van der Waals surface area (Å²) in [7, 11) is -3.81. The molecule has 0 aliphatic heterocycles. The maximum absolute atomic E-state index is 13.4. The molecule has 0 unspecified atom stereocenters. The van der Waals surface area contributed by atoms with Crippen LogP contribution in [0.15, 0.2) is 53.7 Å². The van der Waals surface area contributed by atoms with Gasteiger partial charge in [0.2, 0.25) is 16.0 Å². The zero-order valence-electron chi connectivity index (χ0n) is 14.8. The molecule has 0 aliphatic carbocycles. The van der Waals surface area contributed by atoms with Gasteiger partial charge in [-0.15, -0.1) is 0 Å². The number of aromatic amines is 1. The van der Waals surface area contributed by atoms with E-state index in [9.17, 15) is 12.8 Å². The van der Waals surface area contributed by atoms with Gasteiger partial charge in [0, 0.05) is 17.3 Å². The first-order valence-corrected chi connectivity index (χ1v) is 9.88. The summed E-state index contributed by atoms with van der Waals surface area (Å²) < 4.78 is 36.4. The number of pyridine rings is 1. The normalized spacial score (nSPS) is 11.5. The molecule has 3 heterocycles. The Morgan fingerprint density at radius 1 is 1.17 bits per heavy atom. The molecule has 0 fully saturated rings. The minimum absolute atomic E-state index is 0.0243. The number of H-pyrrole nitrogens is 1. The van der Waals surface area contributed by atoms with Gasteiger partial charge in [-0.05, 0) is 30.3 Å². The summed E-state index contributed by atoms with van der Waals surface area (Å²) in [5.41, 5.74) is 1.54. The maximum Gasteiger partial charge on any atom is 0.238 e. The fraction of sp³-hybridized carbons (Fsp3) is 0.0588. The second-order valence-electron chi connectivity index (χ2n) is 6.04. The predicted molar refractivity (Wildman–Crippen MR) is 104 cm³/mol. The van der Waals surface area contributed by atoms with Gasteiger partial charge in [-0.1, -0.05) is 6.07 Å². The highest BCUT2D eigenvalue weighted by Gasteiger charge is 2.10. The van der Waals surface area contributed by atoms with Crippen molar-refractivity contribution >= 4 is 38.5 Å². The van der Waals surface area contributed by atoms with Crippen molar-refractivity contribution in [1.82, 2.24) is 25.1 Å². The average molecular weight is 414 g/mol. The van der Waals surface area contributed by atoms with Gasteiger partial charge in [0.25, 0.3) is 0 Å². The first kappa shape index (κ1) is 18.7. The summed E-state index contributed by atoms with van der Waals surface area (Å²) in [6.45, 7) is 0.305. The molecule has 0 amide bonds. The van der Waals surface area contributed by atoms with Crippen LogP contribution in [0.2, 0.25) is 0 Å². The Morgan fingerprint density at radius 3 is 2.86 bits per heavy atom. The quantitative estimate of drug-likeness (QED) is 0.373. The predicted octanol–water partition coefficient (Wildman–Crippen LogP) is 1.89. The summed E-state index contributed by atoms with van der Waals surface area (Å²) in [5, 5.41) is 18.6. The van der Waals surface area contributed by atoms with Crippen LogP contribution in [0.25, 0.3) is 11.0 Å². The van der Waals surface area contributed by atoms with Gasteiger partial charge in [0.15, 0.2) is 5.65 Å². The van der Waals surface area contributed by atoms with Gasteiger partial charge in [0.05, 0.1) is 23.3 Å². The molecule has 0 bridgehead atoms. The molecule has 5 N–H and O–H groups in total. The van der Waals surface area contributed by atoms with Crippen molar-refractivity contribution < 1.29 is 12.8 Å². The van der Waals surface area contributed by atoms with Crippen molar-refractivity contribution in [2.24, 2.45) is 5.14 Å². The maximum atomic E-state index is 13.4. The lowest BCUT2D eigenvalue weighted by atomic mass is 10.2. The van der Waals surface area contributed by atoms with Crippen LogP contribution in [-0.4, -0.2) is 33.6 Å². The molecule has 10 nitrogen and oxygen atoms in total. The van der Waals surface area contributed by atoms with Gasteiger partial charge >= 0.3 is 0 Å². The molecule has 0 atom stereocenters. The molecule has 148 valence electrons. The molecule has 4 aromatic rings. The molecule has 4 rings (SSSR count). The van der Waals surface area contributed by atoms with E-state index in [0.717, 1.165) is 6.20 Å². The molecule has 0 radical (unpaired) electrons. The summed E-state index contributed by atoms with van der Waals surface area (Å²) in [5.74, 6) is 0.302. The van der Waals surface area contributed by atoms with E-state index in [1.54, 1.807) is 18.2 Å². The lowest BCUT2D eigenvalue weighted by Gasteiger charge is -2.09. The van der Waals surface area contributed by atoms with E-state index in [1.165, 1.54) is 24.4 Å². The third kappa shape index (κ3) is 4.28. The highest BCUT2D eigenvalue weighted by atomic mass is 32.2. The fourth-order valence-electron chi connectivity index (χ4n) is 2.63. The minimum atomic E-state index is -3.81. The van der Waals surface area contributed by atoms with Crippen LogP contribution in [-0.2, 0) is 16.6 Å². The highest BCUT2D eigenvalue weighted by molar-refractivity contribution is 7.89. The lowest BCUT2D eigenvalue weighted by molar-refractivity contribution is 0.598. The smallest absolute Gasteiger partial charge is 0.238 e. The summed E-state index contributed by atoms with van der Waals surface area (Å²) in [6.07, 6.45) is 2.64. The second kappa shape index (κ2) is 7.41. The Bertz CT molecular complexity index is 1290. The van der Waals surface area contributed by atoms with Crippen molar-refractivity contribution in [1.29, 1.82) is 0 Å². The van der Waals surface area contributed by atoms with E-state index >= 15 is 0 Å². The largest absolute Gasteiger partial charge is 0.364 e. The van der Waals surface area contributed by atoms with Gasteiger partial charge in [-0.25, -0.2) is 27.9 Å². The Morgan fingerprint density at radius 2 is 2.03 bits per heavy atom. The highest BCUT2D eigenvalue weighted by Crippen LogP contribution is 2.19.